The number of nitrogens with zero attached hydrogens (tertiary/aromatic N) is 3. The lowest BCUT2D eigenvalue weighted by molar-refractivity contribution is -0.139. The number of likely N-dealkylation sites (tertiary alicyclic amines) is 1. The Kier molecular flexibility index (Phi) is 4.52. The van der Waals surface area contributed by atoms with Crippen molar-refractivity contribution in [3.05, 3.63) is 35.9 Å². The van der Waals surface area contributed by atoms with Crippen molar-refractivity contribution in [3.8, 4) is 0 Å². The Morgan fingerprint density at radius 3 is 2.57 bits per heavy atom. The number of piperidine rings is 1. The Morgan fingerprint density at radius 2 is 1.93 bits per heavy atom. The van der Waals surface area contributed by atoms with Crippen LogP contribution in [0.4, 0.5) is 4.79 Å². The van der Waals surface area contributed by atoms with Gasteiger partial charge in [-0.2, -0.15) is 0 Å². The van der Waals surface area contributed by atoms with Crippen molar-refractivity contribution in [2.75, 3.05) is 19.6 Å². The lowest BCUT2D eigenvalue weighted by Crippen LogP contribution is -2.63. The summed E-state index contributed by atoms with van der Waals surface area (Å²) in [6.45, 7) is 6.06. The van der Waals surface area contributed by atoms with Gasteiger partial charge in [-0.15, -0.1) is 0 Å². The average Bonchev–Trinajstić information content (AvgIpc) is 3.48. The van der Waals surface area contributed by atoms with E-state index in [9.17, 15) is 9.59 Å². The fourth-order valence-electron chi connectivity index (χ4n) is 5.71. The lowest BCUT2D eigenvalue weighted by atomic mass is 9.82. The van der Waals surface area contributed by atoms with Gasteiger partial charge < -0.3 is 15.1 Å². The van der Waals surface area contributed by atoms with Crippen LogP contribution in [-0.4, -0.2) is 69.9 Å². The van der Waals surface area contributed by atoms with E-state index in [1.54, 1.807) is 4.90 Å². The smallest absolute Gasteiger partial charge is 0.317 e. The van der Waals surface area contributed by atoms with Crippen LogP contribution in [0.3, 0.4) is 0 Å². The molecule has 0 radical (unpaired) electrons. The molecular weight excluding hydrogens is 378 g/mol. The van der Waals surface area contributed by atoms with Crippen molar-refractivity contribution >= 4 is 17.9 Å². The van der Waals surface area contributed by atoms with E-state index in [1.165, 1.54) is 5.56 Å². The van der Waals surface area contributed by atoms with Crippen molar-refractivity contribution < 1.29 is 9.59 Å². The van der Waals surface area contributed by atoms with Crippen LogP contribution in [-0.2, 0) is 4.79 Å². The Morgan fingerprint density at radius 1 is 1.23 bits per heavy atom. The maximum absolute atomic E-state index is 12.8. The summed E-state index contributed by atoms with van der Waals surface area (Å²) >= 11 is 0. The zero-order chi connectivity index (χ0) is 21.0. The largest absolute Gasteiger partial charge is 0.335 e. The highest BCUT2D eigenvalue weighted by atomic mass is 16.2. The van der Waals surface area contributed by atoms with Crippen molar-refractivity contribution in [1.29, 1.82) is 5.41 Å². The van der Waals surface area contributed by atoms with Gasteiger partial charge in [-0.3, -0.25) is 15.1 Å². The number of rotatable bonds is 4. The molecule has 3 aliphatic heterocycles. The molecule has 4 fully saturated rings. The monoisotopic (exact) mass is 409 g/mol. The molecule has 7 heteroatoms. The number of hydrogen-bond donors (Lipinski definition) is 2. The van der Waals surface area contributed by atoms with Crippen LogP contribution in [0.2, 0.25) is 0 Å². The number of benzene rings is 1. The zero-order valence-electron chi connectivity index (χ0n) is 17.8. The lowest BCUT2D eigenvalue weighted by Gasteiger charge is -2.49. The van der Waals surface area contributed by atoms with Crippen molar-refractivity contribution in [2.45, 2.75) is 63.1 Å². The topological polar surface area (TPSA) is 79.7 Å². The predicted octanol–water partition coefficient (Wildman–Crippen LogP) is 2.59. The summed E-state index contributed by atoms with van der Waals surface area (Å²) in [6.07, 6.45) is 3.60. The van der Waals surface area contributed by atoms with Gasteiger partial charge >= 0.3 is 6.03 Å². The van der Waals surface area contributed by atoms with Gasteiger partial charge in [0.05, 0.1) is 0 Å². The summed E-state index contributed by atoms with van der Waals surface area (Å²) in [4.78, 5) is 31.0. The molecule has 5 rings (SSSR count). The first kappa shape index (κ1) is 19.4. The third kappa shape index (κ3) is 3.06. The summed E-state index contributed by atoms with van der Waals surface area (Å²) in [5.41, 5.74) is 0.795. The van der Waals surface area contributed by atoms with E-state index >= 15 is 0 Å². The van der Waals surface area contributed by atoms with E-state index < -0.39 is 5.54 Å². The second-order valence-corrected chi connectivity index (χ2v) is 9.68. The number of carbonyl (C=O) groups is 2. The standard InChI is InChI=1S/C23H31N5O2/c1-15-13-23(2)20(29)27(21(24)28(15)23)14-16-8-10-26(11-9-16)22(30)25-19-12-18(19)17-6-4-3-5-7-17/h3-7,15-16,18-19,24H,8-14H2,1-2H3,(H,25,30)/t15?,18-,19+,23?/m0/s1. The average molecular weight is 410 g/mol. The SMILES string of the molecule is CC1CC2(C)C(=O)N(CC3CCN(C(=O)N[C@@H]4C[C@H]4c4ccccc4)CC3)C(=N)N12. The predicted molar refractivity (Wildman–Crippen MR) is 114 cm³/mol. The van der Waals surface area contributed by atoms with Crippen molar-refractivity contribution in [2.24, 2.45) is 5.92 Å². The van der Waals surface area contributed by atoms with E-state index in [-0.39, 0.29) is 24.0 Å². The molecule has 3 heterocycles. The van der Waals surface area contributed by atoms with Crippen LogP contribution >= 0.6 is 0 Å². The Balaban J connectivity index is 1.10. The molecular formula is C23H31N5O2. The van der Waals surface area contributed by atoms with Gasteiger partial charge in [-0.1, -0.05) is 30.3 Å². The number of fused-ring (bicyclic) bond motifs is 1. The molecule has 0 aromatic heterocycles. The maximum Gasteiger partial charge on any atom is 0.317 e. The van der Waals surface area contributed by atoms with Crippen LogP contribution in [0.25, 0.3) is 0 Å². The molecule has 1 aromatic rings. The molecule has 1 saturated carbocycles. The quantitative estimate of drug-likeness (QED) is 0.802. The van der Waals surface area contributed by atoms with Gasteiger partial charge in [-0.05, 0) is 51.0 Å². The minimum Gasteiger partial charge on any atom is -0.335 e. The molecule has 4 aliphatic rings. The molecule has 3 amide bonds. The summed E-state index contributed by atoms with van der Waals surface area (Å²) in [7, 11) is 0. The second-order valence-electron chi connectivity index (χ2n) is 9.68. The Labute approximate surface area is 177 Å². The zero-order valence-corrected chi connectivity index (χ0v) is 17.8. The van der Waals surface area contributed by atoms with Crippen LogP contribution in [0.5, 0.6) is 0 Å². The van der Waals surface area contributed by atoms with Gasteiger partial charge in [0.1, 0.15) is 5.54 Å². The van der Waals surface area contributed by atoms with Gasteiger partial charge in [0.25, 0.3) is 5.91 Å². The molecule has 0 bridgehead atoms. The summed E-state index contributed by atoms with van der Waals surface area (Å²) in [5, 5.41) is 11.6. The van der Waals surface area contributed by atoms with E-state index in [0.29, 0.717) is 37.4 Å². The van der Waals surface area contributed by atoms with E-state index in [1.807, 2.05) is 34.9 Å². The van der Waals surface area contributed by atoms with E-state index in [4.69, 9.17) is 5.41 Å². The molecule has 4 atom stereocenters. The first-order chi connectivity index (χ1) is 14.4. The van der Waals surface area contributed by atoms with Gasteiger partial charge in [-0.25, -0.2) is 4.79 Å². The third-order valence-corrected chi connectivity index (χ3v) is 7.52. The summed E-state index contributed by atoms with van der Waals surface area (Å²) < 4.78 is 0. The summed E-state index contributed by atoms with van der Waals surface area (Å²) in [5.74, 6) is 1.22. The highest BCUT2D eigenvalue weighted by molar-refractivity contribution is 6.09. The summed E-state index contributed by atoms with van der Waals surface area (Å²) in [6, 6.07) is 10.9. The molecule has 2 unspecified atom stereocenters. The number of nitrogens with one attached hydrogen (secondary N) is 2. The number of urea groups is 1. The first-order valence-electron chi connectivity index (χ1n) is 11.2. The maximum atomic E-state index is 12.8. The van der Waals surface area contributed by atoms with Crippen LogP contribution in [0.1, 0.15) is 51.0 Å². The van der Waals surface area contributed by atoms with E-state index in [0.717, 1.165) is 25.7 Å². The van der Waals surface area contributed by atoms with Crippen LogP contribution < -0.4 is 5.32 Å². The third-order valence-electron chi connectivity index (χ3n) is 7.52. The fraction of sp³-hybridized carbons (Fsp3) is 0.609. The molecule has 7 nitrogen and oxygen atoms in total. The molecule has 1 aliphatic carbocycles. The normalized spacial score (nSPS) is 33.4. The van der Waals surface area contributed by atoms with E-state index in [2.05, 4.69) is 24.4 Å². The number of amides is 3. The van der Waals surface area contributed by atoms with Crippen molar-refractivity contribution in [3.63, 3.8) is 0 Å². The Hall–Kier alpha value is -2.57. The molecule has 1 aromatic carbocycles. The van der Waals surface area contributed by atoms with Gasteiger partial charge in [0.2, 0.25) is 5.96 Å². The second kappa shape index (κ2) is 7.00. The highest BCUT2D eigenvalue weighted by Gasteiger charge is 2.61. The molecule has 0 spiro atoms. The van der Waals surface area contributed by atoms with Crippen LogP contribution in [0.15, 0.2) is 30.3 Å². The fourth-order valence-corrected chi connectivity index (χ4v) is 5.71. The number of guanidine groups is 1. The van der Waals surface area contributed by atoms with Crippen LogP contribution in [0, 0.1) is 11.3 Å². The van der Waals surface area contributed by atoms with Gasteiger partial charge in [0.15, 0.2) is 0 Å². The van der Waals surface area contributed by atoms with Gasteiger partial charge in [0, 0.05) is 37.6 Å². The molecule has 160 valence electrons. The highest BCUT2D eigenvalue weighted by Crippen LogP contribution is 2.44. The minimum absolute atomic E-state index is 0.0346. The van der Waals surface area contributed by atoms with Crippen molar-refractivity contribution in [1.82, 2.24) is 20.0 Å². The first-order valence-corrected chi connectivity index (χ1v) is 11.2. The molecule has 3 saturated heterocycles. The number of hydrogen-bond acceptors (Lipinski definition) is 3. The Bertz CT molecular complexity index is 866. The number of carbonyl (C=O) groups excluding carboxylic acids is 2. The molecule has 30 heavy (non-hydrogen) atoms. The molecule has 2 N–H and O–H groups in total. The minimum atomic E-state index is -0.503.